The minimum Gasteiger partial charge on any atom is -0.212 e. The van der Waals surface area contributed by atoms with E-state index in [-0.39, 0.29) is 12.1 Å². The number of fused-ring (bicyclic) bond motifs is 4. The van der Waals surface area contributed by atoms with Crippen molar-refractivity contribution in [2.24, 2.45) is 5.92 Å². The molecule has 2 fully saturated rings. The van der Waals surface area contributed by atoms with Crippen LogP contribution in [-0.4, -0.2) is 24.8 Å². The van der Waals surface area contributed by atoms with E-state index in [4.69, 9.17) is 0 Å². The van der Waals surface area contributed by atoms with Crippen LogP contribution >= 0.6 is 11.8 Å². The number of hydrogen-bond donors (Lipinski definition) is 0. The zero-order chi connectivity index (χ0) is 19.5. The first-order valence-electron chi connectivity index (χ1n) is 10.3. The zero-order valence-electron chi connectivity index (χ0n) is 16.5. The van der Waals surface area contributed by atoms with Gasteiger partial charge in [0.15, 0.2) is 0 Å². The van der Waals surface area contributed by atoms with Crippen LogP contribution in [0.3, 0.4) is 0 Å². The van der Waals surface area contributed by atoms with E-state index >= 15 is 0 Å². The predicted molar refractivity (Wildman–Crippen MR) is 114 cm³/mol. The zero-order valence-corrected chi connectivity index (χ0v) is 18.1. The van der Waals surface area contributed by atoms with E-state index in [0.717, 1.165) is 37.7 Å². The SMILES string of the molecule is CC1CC2CCC(C1)N2S(=O)(=O)C(C)c1ccc2c(c1)Cc1ccccc1S2. The molecule has 3 heterocycles. The summed E-state index contributed by atoms with van der Waals surface area (Å²) in [6.07, 6.45) is 4.96. The van der Waals surface area contributed by atoms with Crippen molar-refractivity contribution in [3.05, 3.63) is 59.2 Å². The number of sulfonamides is 1. The van der Waals surface area contributed by atoms with Crippen molar-refractivity contribution in [3.63, 3.8) is 0 Å². The second-order valence-electron chi connectivity index (χ2n) is 8.73. The van der Waals surface area contributed by atoms with Gasteiger partial charge in [0.05, 0.1) is 5.25 Å². The highest BCUT2D eigenvalue weighted by Gasteiger charge is 2.47. The third-order valence-corrected chi connectivity index (χ3v) is 10.4. The van der Waals surface area contributed by atoms with Gasteiger partial charge in [0.25, 0.3) is 0 Å². The van der Waals surface area contributed by atoms with Crippen LogP contribution in [0.5, 0.6) is 0 Å². The van der Waals surface area contributed by atoms with Crippen molar-refractivity contribution in [2.75, 3.05) is 0 Å². The first-order chi connectivity index (χ1) is 13.4. The lowest BCUT2D eigenvalue weighted by Gasteiger charge is -2.38. The number of piperidine rings is 1. The van der Waals surface area contributed by atoms with Gasteiger partial charge in [0.1, 0.15) is 0 Å². The van der Waals surface area contributed by atoms with Crippen LogP contribution < -0.4 is 0 Å². The Hall–Kier alpha value is -1.30. The van der Waals surface area contributed by atoms with Crippen LogP contribution in [0.25, 0.3) is 0 Å². The first kappa shape index (κ1) is 18.7. The van der Waals surface area contributed by atoms with Crippen molar-refractivity contribution in [1.29, 1.82) is 0 Å². The van der Waals surface area contributed by atoms with Crippen LogP contribution in [-0.2, 0) is 16.4 Å². The summed E-state index contributed by atoms with van der Waals surface area (Å²) in [5.74, 6) is 0.639. The maximum Gasteiger partial charge on any atom is 0.221 e. The lowest BCUT2D eigenvalue weighted by molar-refractivity contribution is 0.199. The standard InChI is InChI=1S/C23H27NO2S2/c1-15-11-20-8-9-21(12-15)24(20)28(25,26)16(2)17-7-10-23-19(13-17)14-18-5-3-4-6-22(18)27-23/h3-7,10,13,15-16,20-21H,8-9,11-12,14H2,1-2H3. The van der Waals surface area contributed by atoms with Gasteiger partial charge in [-0.25, -0.2) is 8.42 Å². The molecule has 148 valence electrons. The van der Waals surface area contributed by atoms with E-state index in [1.165, 1.54) is 20.9 Å². The van der Waals surface area contributed by atoms with E-state index in [1.807, 2.05) is 17.3 Å². The molecule has 5 rings (SSSR count). The first-order valence-corrected chi connectivity index (χ1v) is 12.7. The van der Waals surface area contributed by atoms with Gasteiger partial charge < -0.3 is 0 Å². The summed E-state index contributed by atoms with van der Waals surface area (Å²) in [4.78, 5) is 2.56. The Morgan fingerprint density at radius 2 is 1.68 bits per heavy atom. The summed E-state index contributed by atoms with van der Waals surface area (Å²) in [7, 11) is -3.33. The molecule has 2 aromatic rings. The lowest BCUT2D eigenvalue weighted by Crippen LogP contribution is -2.47. The fourth-order valence-corrected chi connectivity index (χ4v) is 8.46. The molecule has 3 nitrogen and oxygen atoms in total. The summed E-state index contributed by atoms with van der Waals surface area (Å²) < 4.78 is 29.0. The Kier molecular flexibility index (Phi) is 4.61. The van der Waals surface area contributed by atoms with E-state index in [0.29, 0.717) is 5.92 Å². The average molecular weight is 414 g/mol. The molecule has 2 aromatic carbocycles. The number of benzene rings is 2. The molecular formula is C23H27NO2S2. The minimum absolute atomic E-state index is 0.209. The van der Waals surface area contributed by atoms with E-state index < -0.39 is 15.3 Å². The van der Waals surface area contributed by atoms with Crippen molar-refractivity contribution < 1.29 is 8.42 Å². The fraction of sp³-hybridized carbons (Fsp3) is 0.478. The van der Waals surface area contributed by atoms with Crippen molar-refractivity contribution in [3.8, 4) is 0 Å². The maximum absolute atomic E-state index is 13.5. The van der Waals surface area contributed by atoms with Gasteiger partial charge in [0.2, 0.25) is 10.0 Å². The Morgan fingerprint density at radius 1 is 1.00 bits per heavy atom. The molecule has 0 aliphatic carbocycles. The molecule has 28 heavy (non-hydrogen) atoms. The molecule has 5 heteroatoms. The van der Waals surface area contributed by atoms with Crippen molar-refractivity contribution in [2.45, 2.75) is 73.1 Å². The van der Waals surface area contributed by atoms with Crippen molar-refractivity contribution in [1.82, 2.24) is 4.31 Å². The molecule has 0 aromatic heterocycles. The second-order valence-corrected chi connectivity index (χ2v) is 12.0. The van der Waals surface area contributed by atoms with Gasteiger partial charge in [-0.2, -0.15) is 4.31 Å². The van der Waals surface area contributed by atoms with Crippen LogP contribution in [0, 0.1) is 5.92 Å². The molecule has 0 radical (unpaired) electrons. The molecule has 3 unspecified atom stereocenters. The largest absolute Gasteiger partial charge is 0.221 e. The third-order valence-electron chi connectivity index (χ3n) is 6.77. The number of rotatable bonds is 3. The van der Waals surface area contributed by atoms with Crippen LogP contribution in [0.1, 0.15) is 61.5 Å². The minimum atomic E-state index is -3.33. The normalized spacial score (nSPS) is 27.9. The summed E-state index contributed by atoms with van der Waals surface area (Å²) in [6, 6.07) is 15.2. The Morgan fingerprint density at radius 3 is 2.43 bits per heavy atom. The monoisotopic (exact) mass is 413 g/mol. The molecule has 2 saturated heterocycles. The Bertz CT molecular complexity index is 1000. The van der Waals surface area contributed by atoms with Gasteiger partial charge >= 0.3 is 0 Å². The summed E-state index contributed by atoms with van der Waals surface area (Å²) in [5, 5.41) is -0.489. The molecule has 0 saturated carbocycles. The smallest absolute Gasteiger partial charge is 0.212 e. The molecule has 0 spiro atoms. The number of hydrogen-bond acceptors (Lipinski definition) is 3. The second kappa shape index (κ2) is 6.89. The third kappa shape index (κ3) is 3.03. The molecule has 0 amide bonds. The molecule has 3 atom stereocenters. The Labute approximate surface area is 172 Å². The van der Waals surface area contributed by atoms with E-state index in [9.17, 15) is 8.42 Å². The fourth-order valence-electron chi connectivity index (χ4n) is 5.34. The number of nitrogens with zero attached hydrogens (tertiary/aromatic N) is 1. The summed E-state index contributed by atoms with van der Waals surface area (Å²) in [5.41, 5.74) is 3.51. The van der Waals surface area contributed by atoms with Gasteiger partial charge in [-0.3, -0.25) is 0 Å². The Balaban J connectivity index is 1.44. The highest BCUT2D eigenvalue weighted by molar-refractivity contribution is 7.99. The van der Waals surface area contributed by atoms with Crippen LogP contribution in [0.15, 0.2) is 52.3 Å². The van der Waals surface area contributed by atoms with E-state index in [1.54, 1.807) is 11.8 Å². The quantitative estimate of drug-likeness (QED) is 0.577. The van der Waals surface area contributed by atoms with Gasteiger partial charge in [-0.15, -0.1) is 0 Å². The average Bonchev–Trinajstić information content (AvgIpc) is 2.98. The molecule has 0 N–H and O–H groups in total. The van der Waals surface area contributed by atoms with Crippen LogP contribution in [0.2, 0.25) is 0 Å². The van der Waals surface area contributed by atoms with Crippen LogP contribution in [0.4, 0.5) is 0 Å². The molecule has 2 bridgehead atoms. The molecule has 3 aliphatic heterocycles. The topological polar surface area (TPSA) is 37.4 Å². The molecule has 3 aliphatic rings. The highest BCUT2D eigenvalue weighted by Crippen LogP contribution is 2.45. The molecular weight excluding hydrogens is 386 g/mol. The maximum atomic E-state index is 13.5. The predicted octanol–water partition coefficient (Wildman–Crippen LogP) is 5.40. The lowest BCUT2D eigenvalue weighted by atomic mass is 9.94. The highest BCUT2D eigenvalue weighted by atomic mass is 32.2. The summed E-state index contributed by atoms with van der Waals surface area (Å²) >= 11 is 1.79. The van der Waals surface area contributed by atoms with E-state index in [2.05, 4.69) is 43.3 Å². The van der Waals surface area contributed by atoms with Gasteiger partial charge in [-0.05, 0) is 73.8 Å². The van der Waals surface area contributed by atoms with Gasteiger partial charge in [-0.1, -0.05) is 49.0 Å². The van der Waals surface area contributed by atoms with Gasteiger partial charge in [0, 0.05) is 21.9 Å². The summed E-state index contributed by atoms with van der Waals surface area (Å²) in [6.45, 7) is 4.14. The van der Waals surface area contributed by atoms with Crippen molar-refractivity contribution >= 4 is 21.8 Å².